The van der Waals surface area contributed by atoms with Crippen molar-refractivity contribution in [3.05, 3.63) is 33.4 Å². The molecule has 1 atom stereocenters. The third-order valence-electron chi connectivity index (χ3n) is 2.22. The van der Waals surface area contributed by atoms with E-state index in [-0.39, 0.29) is 12.2 Å². The number of hydrogen-bond donors (Lipinski definition) is 3. The van der Waals surface area contributed by atoms with Crippen LogP contribution in [0.5, 0.6) is 5.75 Å². The summed E-state index contributed by atoms with van der Waals surface area (Å²) in [6.45, 7) is 1.67. The summed E-state index contributed by atoms with van der Waals surface area (Å²) in [6.07, 6.45) is 0. The van der Waals surface area contributed by atoms with Crippen LogP contribution in [0.1, 0.15) is 17.2 Å². The fourth-order valence-corrected chi connectivity index (χ4v) is 1.35. The molecule has 0 aliphatic rings. The van der Waals surface area contributed by atoms with E-state index in [1.54, 1.807) is 19.1 Å². The van der Waals surface area contributed by atoms with Gasteiger partial charge < -0.3 is 16.6 Å². The van der Waals surface area contributed by atoms with Crippen LogP contribution in [0.15, 0.2) is 12.1 Å². The topological polar surface area (TPSA) is 115 Å². The molecule has 0 aliphatic heterocycles. The second-order valence-electron chi connectivity index (χ2n) is 3.27. The fourth-order valence-electron chi connectivity index (χ4n) is 1.35. The van der Waals surface area contributed by atoms with Crippen molar-refractivity contribution in [1.29, 1.82) is 0 Å². The number of nitro benzene ring substituents is 1. The highest BCUT2D eigenvalue weighted by atomic mass is 16.6. The lowest BCUT2D eigenvalue weighted by atomic mass is 10.0. The lowest BCUT2D eigenvalue weighted by Crippen LogP contribution is -2.21. The molecule has 1 aromatic carbocycles. The van der Waals surface area contributed by atoms with Gasteiger partial charge in [-0.2, -0.15) is 0 Å². The van der Waals surface area contributed by atoms with Gasteiger partial charge in [-0.05, 0) is 6.92 Å². The van der Waals surface area contributed by atoms with E-state index in [2.05, 4.69) is 0 Å². The van der Waals surface area contributed by atoms with Gasteiger partial charge in [0.2, 0.25) is 0 Å². The summed E-state index contributed by atoms with van der Waals surface area (Å²) in [4.78, 5) is 10.1. The molecule has 0 saturated carbocycles. The van der Waals surface area contributed by atoms with Crippen LogP contribution < -0.4 is 11.5 Å². The van der Waals surface area contributed by atoms with Crippen molar-refractivity contribution in [1.82, 2.24) is 0 Å². The number of nitrogens with zero attached hydrogens (tertiary/aromatic N) is 1. The molecule has 0 bridgehead atoms. The first kappa shape index (κ1) is 11.4. The van der Waals surface area contributed by atoms with E-state index in [0.717, 1.165) is 0 Å². The summed E-state index contributed by atoms with van der Waals surface area (Å²) in [5, 5.41) is 20.3. The van der Waals surface area contributed by atoms with E-state index in [1.165, 1.54) is 0 Å². The van der Waals surface area contributed by atoms with Crippen molar-refractivity contribution in [2.24, 2.45) is 11.5 Å². The Labute approximate surface area is 86.7 Å². The summed E-state index contributed by atoms with van der Waals surface area (Å²) in [5.74, 6) is -0.391. The van der Waals surface area contributed by atoms with Gasteiger partial charge in [-0.15, -0.1) is 0 Å². The molecule has 15 heavy (non-hydrogen) atoms. The van der Waals surface area contributed by atoms with E-state index >= 15 is 0 Å². The number of phenolic OH excluding ortho intramolecular Hbond substituents is 1. The fraction of sp³-hybridized carbons (Fsp3) is 0.333. The van der Waals surface area contributed by atoms with Crippen LogP contribution in [0.4, 0.5) is 5.69 Å². The lowest BCUT2D eigenvalue weighted by molar-refractivity contribution is -0.386. The summed E-state index contributed by atoms with van der Waals surface area (Å²) >= 11 is 0. The van der Waals surface area contributed by atoms with Crippen molar-refractivity contribution in [2.75, 3.05) is 6.54 Å². The lowest BCUT2D eigenvalue weighted by Gasteiger charge is -2.11. The van der Waals surface area contributed by atoms with E-state index < -0.39 is 16.7 Å². The predicted octanol–water partition coefficient (Wildman–Crippen LogP) is 0.567. The molecule has 5 N–H and O–H groups in total. The highest BCUT2D eigenvalue weighted by molar-refractivity contribution is 5.56. The van der Waals surface area contributed by atoms with Crippen LogP contribution in [-0.2, 0) is 0 Å². The van der Waals surface area contributed by atoms with Gasteiger partial charge in [-0.25, -0.2) is 0 Å². The van der Waals surface area contributed by atoms with Gasteiger partial charge in [-0.3, -0.25) is 10.1 Å². The average Bonchev–Trinajstić information content (AvgIpc) is 2.16. The Balaban J connectivity index is 3.34. The van der Waals surface area contributed by atoms with Crippen molar-refractivity contribution in [3.63, 3.8) is 0 Å². The summed E-state index contributed by atoms with van der Waals surface area (Å²) in [5.41, 5.74) is 11.3. The molecule has 0 aromatic heterocycles. The van der Waals surface area contributed by atoms with Crippen LogP contribution >= 0.6 is 0 Å². The van der Waals surface area contributed by atoms with E-state index in [1.807, 2.05) is 0 Å². The number of rotatable bonds is 3. The standard InChI is InChI=1S/C9H13N3O3/c1-5-2-3-6(7(11)4-10)9(13)8(5)12(14)15/h2-3,7,13H,4,10-11H2,1H3/t7-/m1/s1. The molecule has 82 valence electrons. The summed E-state index contributed by atoms with van der Waals surface area (Å²) in [6, 6.07) is 2.50. The molecule has 6 nitrogen and oxygen atoms in total. The smallest absolute Gasteiger partial charge is 0.313 e. The SMILES string of the molecule is Cc1ccc([C@H](N)CN)c(O)c1[N+](=O)[O-]. The van der Waals surface area contributed by atoms with Crippen LogP contribution in [0.2, 0.25) is 0 Å². The molecule has 0 aliphatic carbocycles. The number of phenols is 1. The molecule has 6 heteroatoms. The van der Waals surface area contributed by atoms with E-state index in [4.69, 9.17) is 11.5 Å². The van der Waals surface area contributed by atoms with Crippen LogP contribution in [0, 0.1) is 17.0 Å². The molecular weight excluding hydrogens is 198 g/mol. The molecule has 1 rings (SSSR count). The minimum atomic E-state index is -0.628. The van der Waals surface area contributed by atoms with E-state index in [9.17, 15) is 15.2 Å². The molecule has 0 fully saturated rings. The zero-order chi connectivity index (χ0) is 11.6. The number of benzene rings is 1. The largest absolute Gasteiger partial charge is 0.502 e. The van der Waals surface area contributed by atoms with E-state index in [0.29, 0.717) is 11.1 Å². The quantitative estimate of drug-likeness (QED) is 0.499. The minimum absolute atomic E-state index is 0.119. The monoisotopic (exact) mass is 211 g/mol. The highest BCUT2D eigenvalue weighted by Crippen LogP contribution is 2.35. The number of nitrogens with two attached hydrogens (primary N) is 2. The predicted molar refractivity (Wildman–Crippen MR) is 55.5 cm³/mol. The Hall–Kier alpha value is -1.66. The molecule has 0 saturated heterocycles. The molecule has 1 aromatic rings. The third-order valence-corrected chi connectivity index (χ3v) is 2.22. The average molecular weight is 211 g/mol. The maximum absolute atomic E-state index is 10.7. The van der Waals surface area contributed by atoms with Crippen molar-refractivity contribution in [2.45, 2.75) is 13.0 Å². The molecule has 0 heterocycles. The van der Waals surface area contributed by atoms with Crippen LogP contribution in [0.3, 0.4) is 0 Å². The Morgan fingerprint density at radius 3 is 2.67 bits per heavy atom. The number of hydrogen-bond acceptors (Lipinski definition) is 5. The Bertz CT molecular complexity index is 392. The van der Waals surface area contributed by atoms with Gasteiger partial charge in [0.1, 0.15) is 0 Å². The Morgan fingerprint density at radius 2 is 2.20 bits per heavy atom. The maximum Gasteiger partial charge on any atom is 0.313 e. The molecule has 0 radical (unpaired) electrons. The van der Waals surface area contributed by atoms with Crippen molar-refractivity contribution >= 4 is 5.69 Å². The van der Waals surface area contributed by atoms with Crippen molar-refractivity contribution in [3.8, 4) is 5.75 Å². The Kier molecular flexibility index (Phi) is 3.23. The number of aromatic hydroxyl groups is 1. The second kappa shape index (κ2) is 4.24. The molecule has 0 amide bonds. The first-order valence-corrected chi connectivity index (χ1v) is 4.41. The maximum atomic E-state index is 10.7. The van der Waals surface area contributed by atoms with Gasteiger partial charge in [0.15, 0.2) is 5.75 Å². The van der Waals surface area contributed by atoms with Gasteiger partial charge >= 0.3 is 5.69 Å². The van der Waals surface area contributed by atoms with Crippen LogP contribution in [-0.4, -0.2) is 16.6 Å². The first-order chi connectivity index (χ1) is 6.99. The van der Waals surface area contributed by atoms with Crippen LogP contribution in [0.25, 0.3) is 0 Å². The Morgan fingerprint density at radius 1 is 1.60 bits per heavy atom. The molecular formula is C9H13N3O3. The molecule has 0 unspecified atom stereocenters. The zero-order valence-electron chi connectivity index (χ0n) is 8.30. The van der Waals surface area contributed by atoms with Gasteiger partial charge in [-0.1, -0.05) is 12.1 Å². The van der Waals surface area contributed by atoms with Gasteiger partial charge in [0, 0.05) is 23.7 Å². The third kappa shape index (κ3) is 2.05. The number of aryl methyl sites for hydroxylation is 1. The van der Waals surface area contributed by atoms with Gasteiger partial charge in [0.25, 0.3) is 0 Å². The minimum Gasteiger partial charge on any atom is -0.502 e. The zero-order valence-corrected chi connectivity index (χ0v) is 8.30. The highest BCUT2D eigenvalue weighted by Gasteiger charge is 2.22. The van der Waals surface area contributed by atoms with Crippen molar-refractivity contribution < 1.29 is 10.0 Å². The normalized spacial score (nSPS) is 12.5. The van der Waals surface area contributed by atoms with Gasteiger partial charge in [0.05, 0.1) is 4.92 Å². The second-order valence-corrected chi connectivity index (χ2v) is 3.27. The number of nitro groups is 1. The first-order valence-electron chi connectivity index (χ1n) is 4.41. The summed E-state index contributed by atoms with van der Waals surface area (Å²) < 4.78 is 0. The summed E-state index contributed by atoms with van der Waals surface area (Å²) in [7, 11) is 0. The molecule has 0 spiro atoms.